The number of carbonyl (C=O) groups excluding carboxylic acids is 2. The predicted molar refractivity (Wildman–Crippen MR) is 99.4 cm³/mol. The number of rotatable bonds is 5. The Morgan fingerprint density at radius 2 is 1.92 bits per heavy atom. The van der Waals surface area contributed by atoms with Crippen molar-refractivity contribution in [1.29, 1.82) is 0 Å². The highest BCUT2D eigenvalue weighted by Gasteiger charge is 2.12. The Hall–Kier alpha value is -2.15. The van der Waals surface area contributed by atoms with E-state index in [0.717, 1.165) is 10.2 Å². The minimum Gasteiger partial charge on any atom is -0.455 e. The summed E-state index contributed by atoms with van der Waals surface area (Å²) in [6.45, 7) is -0.379. The van der Waals surface area contributed by atoms with Gasteiger partial charge in [-0.1, -0.05) is 52.7 Å². The molecule has 0 aliphatic carbocycles. The van der Waals surface area contributed by atoms with E-state index in [1.54, 1.807) is 18.2 Å². The van der Waals surface area contributed by atoms with Crippen LogP contribution in [0.2, 0.25) is 10.0 Å². The van der Waals surface area contributed by atoms with Gasteiger partial charge in [0.2, 0.25) is 0 Å². The van der Waals surface area contributed by atoms with Crippen molar-refractivity contribution >= 4 is 61.8 Å². The predicted octanol–water partition coefficient (Wildman–Crippen LogP) is 4.33. The van der Waals surface area contributed by atoms with E-state index in [0.29, 0.717) is 20.7 Å². The number of anilines is 1. The molecule has 3 aromatic rings. The molecule has 0 aliphatic rings. The van der Waals surface area contributed by atoms with Crippen molar-refractivity contribution in [1.82, 2.24) is 4.98 Å². The Bertz CT molecular complexity index is 910. The lowest BCUT2D eigenvalue weighted by molar-refractivity contribution is -0.146. The van der Waals surface area contributed by atoms with Crippen molar-refractivity contribution in [2.24, 2.45) is 0 Å². The van der Waals surface area contributed by atoms with Gasteiger partial charge >= 0.3 is 5.97 Å². The van der Waals surface area contributed by atoms with Crippen LogP contribution in [0.5, 0.6) is 0 Å². The number of aromatic nitrogens is 1. The van der Waals surface area contributed by atoms with E-state index in [1.165, 1.54) is 11.3 Å². The minimum absolute atomic E-state index is 0.00526. The summed E-state index contributed by atoms with van der Waals surface area (Å²) in [5.74, 6) is -0.973. The van der Waals surface area contributed by atoms with Gasteiger partial charge in [-0.05, 0) is 29.8 Å². The van der Waals surface area contributed by atoms with E-state index in [-0.39, 0.29) is 13.0 Å². The van der Waals surface area contributed by atoms with Crippen LogP contribution in [0.1, 0.15) is 5.56 Å². The molecule has 0 atom stereocenters. The van der Waals surface area contributed by atoms with Crippen LogP contribution in [0.3, 0.4) is 0 Å². The Morgan fingerprint density at radius 1 is 1.12 bits per heavy atom. The molecule has 1 N–H and O–H groups in total. The molecule has 8 heteroatoms. The highest BCUT2D eigenvalue weighted by Crippen LogP contribution is 2.25. The average molecular weight is 395 g/mol. The Labute approximate surface area is 157 Å². The standard InChI is InChI=1S/C17H12Cl2N2O3S/c18-11-6-5-10(7-12(11)19)8-16(23)24-9-15(22)21-17-20-13-3-1-2-4-14(13)25-17/h1-7H,8-9H2,(H,20,21,22). The van der Waals surface area contributed by atoms with Crippen LogP contribution in [-0.2, 0) is 20.7 Å². The monoisotopic (exact) mass is 394 g/mol. The molecule has 0 aliphatic heterocycles. The summed E-state index contributed by atoms with van der Waals surface area (Å²) < 4.78 is 5.94. The number of hydrogen-bond donors (Lipinski definition) is 1. The van der Waals surface area contributed by atoms with Gasteiger partial charge in [0.05, 0.1) is 26.7 Å². The molecule has 128 valence electrons. The molecule has 0 saturated carbocycles. The third-order valence-electron chi connectivity index (χ3n) is 3.24. The highest BCUT2D eigenvalue weighted by atomic mass is 35.5. The summed E-state index contributed by atoms with van der Waals surface area (Å²) >= 11 is 13.1. The summed E-state index contributed by atoms with van der Waals surface area (Å²) in [4.78, 5) is 28.0. The largest absolute Gasteiger partial charge is 0.455 e. The van der Waals surface area contributed by atoms with Crippen LogP contribution in [0.15, 0.2) is 42.5 Å². The molecular formula is C17H12Cl2N2O3S. The van der Waals surface area contributed by atoms with Gasteiger partial charge in [-0.3, -0.25) is 14.9 Å². The van der Waals surface area contributed by atoms with Gasteiger partial charge in [0.15, 0.2) is 11.7 Å². The number of hydrogen-bond acceptors (Lipinski definition) is 5. The quantitative estimate of drug-likeness (QED) is 0.653. The number of ether oxygens (including phenoxy) is 1. The average Bonchev–Trinajstić information content (AvgIpc) is 2.98. The minimum atomic E-state index is -0.530. The topological polar surface area (TPSA) is 68.3 Å². The lowest BCUT2D eigenvalue weighted by atomic mass is 10.1. The lowest BCUT2D eigenvalue weighted by Gasteiger charge is -2.05. The smallest absolute Gasteiger partial charge is 0.310 e. The fraction of sp³-hybridized carbons (Fsp3) is 0.118. The highest BCUT2D eigenvalue weighted by molar-refractivity contribution is 7.22. The molecule has 0 spiro atoms. The first-order valence-corrected chi connectivity index (χ1v) is 8.83. The summed E-state index contributed by atoms with van der Waals surface area (Å²) in [5, 5.41) is 3.86. The normalized spacial score (nSPS) is 10.6. The molecule has 25 heavy (non-hydrogen) atoms. The molecule has 0 unspecified atom stereocenters. The van der Waals surface area contributed by atoms with E-state index in [2.05, 4.69) is 10.3 Å². The van der Waals surface area contributed by atoms with Gasteiger partial charge in [-0.15, -0.1) is 0 Å². The molecule has 3 rings (SSSR count). The van der Waals surface area contributed by atoms with Gasteiger partial charge in [-0.25, -0.2) is 4.98 Å². The maximum atomic E-state index is 11.9. The van der Waals surface area contributed by atoms with Crippen LogP contribution < -0.4 is 5.32 Å². The van der Waals surface area contributed by atoms with Crippen LogP contribution in [0.25, 0.3) is 10.2 Å². The molecule has 1 heterocycles. The van der Waals surface area contributed by atoms with Crippen molar-refractivity contribution in [2.45, 2.75) is 6.42 Å². The molecule has 0 radical (unpaired) electrons. The number of carbonyl (C=O) groups is 2. The zero-order valence-electron chi connectivity index (χ0n) is 12.8. The first-order valence-electron chi connectivity index (χ1n) is 7.26. The van der Waals surface area contributed by atoms with E-state index >= 15 is 0 Å². The molecule has 1 amide bonds. The maximum Gasteiger partial charge on any atom is 0.310 e. The summed E-state index contributed by atoms with van der Waals surface area (Å²) in [5.41, 5.74) is 1.46. The second-order valence-corrected chi connectivity index (χ2v) is 6.97. The van der Waals surface area contributed by atoms with Gasteiger partial charge in [-0.2, -0.15) is 0 Å². The van der Waals surface area contributed by atoms with Crippen molar-refractivity contribution in [2.75, 3.05) is 11.9 Å². The lowest BCUT2D eigenvalue weighted by Crippen LogP contribution is -2.21. The number of amides is 1. The second-order valence-electron chi connectivity index (χ2n) is 5.12. The summed E-state index contributed by atoms with van der Waals surface area (Å²) in [6.07, 6.45) is 0.00526. The molecule has 2 aromatic carbocycles. The molecule has 0 saturated heterocycles. The number of benzene rings is 2. The number of fused-ring (bicyclic) bond motifs is 1. The number of para-hydroxylation sites is 1. The first-order chi connectivity index (χ1) is 12.0. The fourth-order valence-electron chi connectivity index (χ4n) is 2.09. The van der Waals surface area contributed by atoms with Crippen LogP contribution in [0.4, 0.5) is 5.13 Å². The Balaban J connectivity index is 1.51. The van der Waals surface area contributed by atoms with E-state index in [4.69, 9.17) is 27.9 Å². The number of thiazole rings is 1. The van der Waals surface area contributed by atoms with Crippen molar-refractivity contribution in [3.63, 3.8) is 0 Å². The zero-order chi connectivity index (χ0) is 17.8. The summed E-state index contributed by atoms with van der Waals surface area (Å²) in [7, 11) is 0. The number of halogens is 2. The number of nitrogens with zero attached hydrogens (tertiary/aromatic N) is 1. The molecule has 0 fully saturated rings. The SMILES string of the molecule is O=C(COC(=O)Cc1ccc(Cl)c(Cl)c1)Nc1nc2ccccc2s1. The van der Waals surface area contributed by atoms with Crippen LogP contribution in [-0.4, -0.2) is 23.5 Å². The van der Waals surface area contributed by atoms with E-state index in [1.807, 2.05) is 24.3 Å². The molecular weight excluding hydrogens is 383 g/mol. The van der Waals surface area contributed by atoms with Crippen molar-refractivity contribution in [3.8, 4) is 0 Å². The van der Waals surface area contributed by atoms with Gasteiger partial charge in [0.25, 0.3) is 5.91 Å². The van der Waals surface area contributed by atoms with Crippen LogP contribution >= 0.6 is 34.5 Å². The summed E-state index contributed by atoms with van der Waals surface area (Å²) in [6, 6.07) is 12.4. The first kappa shape index (κ1) is 17.7. The number of nitrogens with one attached hydrogen (secondary N) is 1. The molecule has 5 nitrogen and oxygen atoms in total. The van der Waals surface area contributed by atoms with Crippen LogP contribution in [0, 0.1) is 0 Å². The zero-order valence-corrected chi connectivity index (χ0v) is 15.1. The van der Waals surface area contributed by atoms with Gasteiger partial charge in [0, 0.05) is 0 Å². The fourth-order valence-corrected chi connectivity index (χ4v) is 3.30. The van der Waals surface area contributed by atoms with Gasteiger partial charge < -0.3 is 4.74 Å². The number of esters is 1. The van der Waals surface area contributed by atoms with Crippen molar-refractivity contribution < 1.29 is 14.3 Å². The Morgan fingerprint density at radius 3 is 2.68 bits per heavy atom. The van der Waals surface area contributed by atoms with E-state index in [9.17, 15) is 9.59 Å². The maximum absolute atomic E-state index is 11.9. The van der Waals surface area contributed by atoms with Gasteiger partial charge in [0.1, 0.15) is 0 Å². The van der Waals surface area contributed by atoms with Crippen molar-refractivity contribution in [3.05, 3.63) is 58.1 Å². The third kappa shape index (κ3) is 4.69. The van der Waals surface area contributed by atoms with E-state index < -0.39 is 11.9 Å². The third-order valence-corrected chi connectivity index (χ3v) is 4.93. The Kier molecular flexibility index (Phi) is 5.53. The molecule has 0 bridgehead atoms. The second kappa shape index (κ2) is 7.82. The molecule has 1 aromatic heterocycles.